The van der Waals surface area contributed by atoms with Crippen molar-refractivity contribution in [3.63, 3.8) is 0 Å². The van der Waals surface area contributed by atoms with Crippen LogP contribution in [0.3, 0.4) is 0 Å². The Hall–Kier alpha value is -3.10. The van der Waals surface area contributed by atoms with E-state index >= 15 is 0 Å². The molecule has 192 valence electrons. The van der Waals surface area contributed by atoms with Crippen molar-refractivity contribution in [2.45, 2.75) is 24.9 Å². The number of rotatable bonds is 6. The largest absolute Gasteiger partial charge is 0.477 e. The summed E-state index contributed by atoms with van der Waals surface area (Å²) in [7, 11) is -3.52. The van der Waals surface area contributed by atoms with Crippen LogP contribution in [-0.2, 0) is 20.8 Å². The van der Waals surface area contributed by atoms with Crippen LogP contribution < -0.4 is 5.73 Å². The molecule has 0 bridgehead atoms. The van der Waals surface area contributed by atoms with Crippen molar-refractivity contribution in [1.29, 1.82) is 0 Å². The number of allylic oxidation sites excluding steroid dienone is 1. The predicted molar refractivity (Wildman–Crippen MR) is 135 cm³/mol. The van der Waals surface area contributed by atoms with Crippen molar-refractivity contribution in [1.82, 2.24) is 9.36 Å². The summed E-state index contributed by atoms with van der Waals surface area (Å²) in [6.07, 6.45) is -3.69. The van der Waals surface area contributed by atoms with Crippen LogP contribution in [0.5, 0.6) is 0 Å². The highest BCUT2D eigenvalue weighted by molar-refractivity contribution is 9.12. The fourth-order valence-corrected chi connectivity index (χ4v) is 4.57. The summed E-state index contributed by atoms with van der Waals surface area (Å²) in [6.45, 7) is 4.00. The Labute approximate surface area is 217 Å². The minimum Gasteiger partial charge on any atom is -0.477 e. The molecule has 0 spiro atoms. The number of carboxylic acid groups (broad SMARTS) is 1. The first-order chi connectivity index (χ1) is 16.8. The highest BCUT2D eigenvalue weighted by atomic mass is 79.9. The maximum atomic E-state index is 13.5. The van der Waals surface area contributed by atoms with Gasteiger partial charge in [-0.15, -0.1) is 0 Å². The van der Waals surface area contributed by atoms with Gasteiger partial charge < -0.3 is 10.8 Å². The van der Waals surface area contributed by atoms with E-state index in [0.29, 0.717) is 5.56 Å². The molecule has 3 aromatic rings. The van der Waals surface area contributed by atoms with Crippen LogP contribution in [0.15, 0.2) is 68.6 Å². The molecule has 0 aliphatic heterocycles. The second-order valence-corrected chi connectivity index (χ2v) is 10.3. The molecule has 8 nitrogen and oxygen atoms in total. The fraction of sp³-hybridized carbons (Fsp3) is 0.182. The number of hydrogen-bond donors (Lipinski definition) is 2. The Morgan fingerprint density at radius 2 is 1.78 bits per heavy atom. The number of sulfone groups is 1. The van der Waals surface area contributed by atoms with Crippen LogP contribution in [0.2, 0.25) is 0 Å². The molecule has 36 heavy (non-hydrogen) atoms. The van der Waals surface area contributed by atoms with Gasteiger partial charge in [-0.2, -0.15) is 17.5 Å². The molecule has 3 N–H and O–H groups in total. The number of nitrogens with two attached hydrogens (primary N) is 1. The number of nitrogens with zero attached hydrogens (tertiary/aromatic N) is 3. The van der Waals surface area contributed by atoms with Crippen molar-refractivity contribution in [3.05, 3.63) is 69.3 Å². The number of hydrogen-bond acceptors (Lipinski definition) is 8. The first-order valence-corrected chi connectivity index (χ1v) is 13.5. The number of carboxylic acids is 1. The summed E-state index contributed by atoms with van der Waals surface area (Å²) in [4.78, 5) is 19.7. The van der Waals surface area contributed by atoms with Gasteiger partial charge in [0.25, 0.3) is 0 Å². The van der Waals surface area contributed by atoms with Crippen molar-refractivity contribution >= 4 is 54.7 Å². The van der Waals surface area contributed by atoms with E-state index in [1.165, 1.54) is 30.3 Å². The van der Waals surface area contributed by atoms with Crippen LogP contribution in [0, 0.1) is 0 Å². The molecule has 0 atom stereocenters. The molecule has 0 aliphatic rings. The van der Waals surface area contributed by atoms with Gasteiger partial charge in [-0.3, -0.25) is 0 Å². The molecule has 0 radical (unpaired) electrons. The Balaban J connectivity index is 0.00000222. The molecule has 0 saturated carbocycles. The van der Waals surface area contributed by atoms with Gasteiger partial charge in [0.15, 0.2) is 20.7 Å². The Bertz CT molecular complexity index is 1430. The summed E-state index contributed by atoms with van der Waals surface area (Å²) < 4.78 is 67.9. The Kier molecular flexibility index (Phi) is 9.51. The average Bonchev–Trinajstić information content (AvgIpc) is 3.32. The zero-order valence-electron chi connectivity index (χ0n) is 19.0. The number of alkyl halides is 3. The molecule has 0 unspecified atom stereocenters. The van der Waals surface area contributed by atoms with Crippen molar-refractivity contribution in [2.75, 3.05) is 6.26 Å². The standard InChI is InChI=1S/C20H14BrF3N4O4S2.C2H6/c1-34(31,32)11-6-4-5-10(9-11)17-27-18(33-28-17)16(14(21)15(25)19(29)30)26-13-8-3-2-7-12(13)20(22,23)24;1-2/h2-9H,25H2,1H3,(H,29,30);1-2H3/b15-14+,26-16?;. The van der Waals surface area contributed by atoms with Crippen molar-refractivity contribution in [2.24, 2.45) is 10.7 Å². The van der Waals surface area contributed by atoms with E-state index in [0.717, 1.165) is 29.9 Å². The first kappa shape index (κ1) is 29.1. The van der Waals surface area contributed by atoms with E-state index in [4.69, 9.17) is 5.73 Å². The number of aliphatic imine (C=N–C) groups is 1. The van der Waals surface area contributed by atoms with E-state index in [9.17, 15) is 31.5 Å². The molecule has 1 aromatic heterocycles. The second-order valence-electron chi connectivity index (χ2n) is 6.73. The van der Waals surface area contributed by atoms with Crippen LogP contribution in [0.25, 0.3) is 11.4 Å². The Morgan fingerprint density at radius 1 is 1.14 bits per heavy atom. The number of para-hydroxylation sites is 1. The van der Waals surface area contributed by atoms with Crippen LogP contribution >= 0.6 is 27.5 Å². The summed E-state index contributed by atoms with van der Waals surface area (Å²) >= 11 is 3.72. The first-order valence-electron chi connectivity index (χ1n) is 10.1. The third kappa shape index (κ3) is 6.98. The zero-order valence-corrected chi connectivity index (χ0v) is 22.3. The highest BCUT2D eigenvalue weighted by Gasteiger charge is 2.33. The van der Waals surface area contributed by atoms with Gasteiger partial charge in [0, 0.05) is 11.8 Å². The van der Waals surface area contributed by atoms with Crippen LogP contribution in [0.4, 0.5) is 18.9 Å². The average molecular weight is 605 g/mol. The summed E-state index contributed by atoms with van der Waals surface area (Å²) in [5.41, 5.74) is 3.37. The van der Waals surface area contributed by atoms with Crippen molar-refractivity contribution < 1.29 is 31.5 Å². The molecule has 0 fully saturated rings. The zero-order chi connectivity index (χ0) is 27.3. The molecular formula is C22H20BrF3N4O4S2. The second kappa shape index (κ2) is 11.8. The summed E-state index contributed by atoms with van der Waals surface area (Å²) in [5, 5.41) is 9.20. The summed E-state index contributed by atoms with van der Waals surface area (Å²) in [5.74, 6) is -1.47. The van der Waals surface area contributed by atoms with Gasteiger partial charge in [0.05, 0.1) is 20.6 Å². The lowest BCUT2D eigenvalue weighted by atomic mass is 10.1. The third-order valence-corrected chi connectivity index (χ3v) is 6.90. The predicted octanol–water partition coefficient (Wildman–Crippen LogP) is 5.42. The van der Waals surface area contributed by atoms with Crippen LogP contribution in [-0.4, -0.2) is 40.8 Å². The molecule has 2 aromatic carbocycles. The topological polar surface area (TPSA) is 136 Å². The van der Waals surface area contributed by atoms with E-state index in [-0.39, 0.29) is 25.9 Å². The molecule has 0 aliphatic carbocycles. The molecule has 0 saturated heterocycles. The van der Waals surface area contributed by atoms with E-state index < -0.39 is 38.9 Å². The third-order valence-electron chi connectivity index (χ3n) is 4.27. The quantitative estimate of drug-likeness (QED) is 0.283. The minimum atomic E-state index is -4.72. The minimum absolute atomic E-state index is 0.0190. The highest BCUT2D eigenvalue weighted by Crippen LogP contribution is 2.37. The van der Waals surface area contributed by atoms with E-state index in [1.807, 2.05) is 13.8 Å². The number of carbonyl (C=O) groups is 1. The summed E-state index contributed by atoms with van der Waals surface area (Å²) in [6, 6.07) is 10.2. The van der Waals surface area contributed by atoms with Gasteiger partial charge >= 0.3 is 12.1 Å². The SMILES string of the molecule is CC.CS(=O)(=O)c1cccc(-c2nsc(C(=Nc3ccccc3C(F)(F)F)/C(Br)=C(\N)C(=O)O)n2)c1. The van der Waals surface area contributed by atoms with Crippen LogP contribution in [0.1, 0.15) is 24.4 Å². The maximum absolute atomic E-state index is 13.5. The maximum Gasteiger partial charge on any atom is 0.418 e. The van der Waals surface area contributed by atoms with Gasteiger partial charge in [0.2, 0.25) is 0 Å². The molecule has 1 heterocycles. The van der Waals surface area contributed by atoms with Gasteiger partial charge in [-0.05, 0) is 51.7 Å². The van der Waals surface area contributed by atoms with Crippen molar-refractivity contribution in [3.8, 4) is 11.4 Å². The lowest BCUT2D eigenvalue weighted by molar-refractivity contribution is -0.137. The van der Waals surface area contributed by atoms with Gasteiger partial charge in [-0.1, -0.05) is 38.1 Å². The molecule has 3 rings (SSSR count). The van der Waals surface area contributed by atoms with E-state index in [2.05, 4.69) is 30.3 Å². The Morgan fingerprint density at radius 3 is 2.36 bits per heavy atom. The van der Waals surface area contributed by atoms with E-state index in [1.54, 1.807) is 6.07 Å². The number of benzene rings is 2. The molecular weight excluding hydrogens is 585 g/mol. The monoisotopic (exact) mass is 604 g/mol. The number of aliphatic carboxylic acids is 1. The molecule has 14 heteroatoms. The number of aromatic nitrogens is 2. The fourth-order valence-electron chi connectivity index (χ4n) is 2.65. The van der Waals surface area contributed by atoms with Gasteiger partial charge in [0.1, 0.15) is 11.4 Å². The number of halogens is 4. The van der Waals surface area contributed by atoms with Gasteiger partial charge in [-0.25, -0.2) is 23.2 Å². The normalized spacial score (nSPS) is 12.9. The molecule has 0 amide bonds. The smallest absolute Gasteiger partial charge is 0.418 e. The lowest BCUT2D eigenvalue weighted by Crippen LogP contribution is -2.16. The lowest BCUT2D eigenvalue weighted by Gasteiger charge is -2.11.